The zero-order chi connectivity index (χ0) is 21.1. The molecular formula is C24H35NO3Si. The van der Waals surface area contributed by atoms with Crippen molar-refractivity contribution >= 4 is 18.7 Å². The SMILES string of the molecule is CN[C@H](CO[Si](c1ccccc1)(c1ccccc1)C(C)(C)C)[C@H]1COC(C)(C)O1. The van der Waals surface area contributed by atoms with Crippen molar-refractivity contribution < 1.29 is 13.9 Å². The van der Waals surface area contributed by atoms with Crippen molar-refractivity contribution in [3.05, 3.63) is 60.7 Å². The molecule has 1 aliphatic heterocycles. The molecule has 5 heteroatoms. The fourth-order valence-corrected chi connectivity index (χ4v) is 8.85. The number of rotatable bonds is 7. The van der Waals surface area contributed by atoms with E-state index in [0.717, 1.165) is 0 Å². The van der Waals surface area contributed by atoms with Crippen molar-refractivity contribution in [3.8, 4) is 0 Å². The van der Waals surface area contributed by atoms with Gasteiger partial charge in [-0.1, -0.05) is 81.4 Å². The largest absolute Gasteiger partial charge is 0.406 e. The van der Waals surface area contributed by atoms with Gasteiger partial charge in [-0.3, -0.25) is 0 Å². The van der Waals surface area contributed by atoms with E-state index in [-0.39, 0.29) is 17.2 Å². The van der Waals surface area contributed by atoms with Gasteiger partial charge in [-0.15, -0.1) is 0 Å². The first-order valence-corrected chi connectivity index (χ1v) is 12.3. The molecule has 1 saturated heterocycles. The quantitative estimate of drug-likeness (QED) is 0.707. The molecular weight excluding hydrogens is 378 g/mol. The van der Waals surface area contributed by atoms with Gasteiger partial charge in [0.2, 0.25) is 0 Å². The van der Waals surface area contributed by atoms with Crippen LogP contribution >= 0.6 is 0 Å². The molecule has 0 spiro atoms. The monoisotopic (exact) mass is 413 g/mol. The smallest absolute Gasteiger partial charge is 0.261 e. The van der Waals surface area contributed by atoms with E-state index < -0.39 is 14.1 Å². The maximum Gasteiger partial charge on any atom is 0.261 e. The molecule has 3 rings (SSSR count). The van der Waals surface area contributed by atoms with Gasteiger partial charge < -0.3 is 19.2 Å². The summed E-state index contributed by atoms with van der Waals surface area (Å²) >= 11 is 0. The number of benzene rings is 2. The Kier molecular flexibility index (Phi) is 6.66. The van der Waals surface area contributed by atoms with Crippen molar-refractivity contribution in [2.45, 2.75) is 57.6 Å². The van der Waals surface area contributed by atoms with Gasteiger partial charge in [0.05, 0.1) is 19.3 Å². The molecule has 0 bridgehead atoms. The van der Waals surface area contributed by atoms with Crippen LogP contribution in [0.5, 0.6) is 0 Å². The third kappa shape index (κ3) is 4.65. The summed E-state index contributed by atoms with van der Waals surface area (Å²) in [5, 5.41) is 5.94. The molecule has 158 valence electrons. The minimum atomic E-state index is -2.55. The molecule has 0 aromatic heterocycles. The van der Waals surface area contributed by atoms with E-state index in [0.29, 0.717) is 13.2 Å². The summed E-state index contributed by atoms with van der Waals surface area (Å²) in [4.78, 5) is 0. The highest BCUT2D eigenvalue weighted by Crippen LogP contribution is 2.37. The van der Waals surface area contributed by atoms with Crippen molar-refractivity contribution in [1.82, 2.24) is 5.32 Å². The van der Waals surface area contributed by atoms with Gasteiger partial charge in [0.15, 0.2) is 5.79 Å². The fourth-order valence-electron chi connectivity index (χ4n) is 4.27. The Labute approximate surface area is 176 Å². The Bertz CT molecular complexity index is 734. The lowest BCUT2D eigenvalue weighted by molar-refractivity contribution is -0.142. The van der Waals surface area contributed by atoms with E-state index >= 15 is 0 Å². The third-order valence-electron chi connectivity index (χ3n) is 5.75. The Balaban J connectivity index is 1.97. The average Bonchev–Trinajstić information content (AvgIpc) is 3.05. The average molecular weight is 414 g/mol. The Hall–Kier alpha value is -1.50. The summed E-state index contributed by atoms with van der Waals surface area (Å²) in [6, 6.07) is 21.5. The van der Waals surface area contributed by atoms with Crippen LogP contribution in [-0.2, 0) is 13.9 Å². The second kappa shape index (κ2) is 8.70. The molecule has 2 aromatic rings. The van der Waals surface area contributed by atoms with Crippen LogP contribution in [0.25, 0.3) is 0 Å². The molecule has 0 saturated carbocycles. The zero-order valence-corrected chi connectivity index (χ0v) is 19.6. The number of ether oxygens (including phenoxy) is 2. The van der Waals surface area contributed by atoms with Gasteiger partial charge >= 0.3 is 0 Å². The maximum absolute atomic E-state index is 7.04. The molecule has 1 aliphatic rings. The van der Waals surface area contributed by atoms with E-state index in [1.807, 2.05) is 20.9 Å². The molecule has 1 fully saturated rings. The lowest BCUT2D eigenvalue weighted by Gasteiger charge is -2.44. The van der Waals surface area contributed by atoms with E-state index in [2.05, 4.69) is 86.8 Å². The fraction of sp³-hybridized carbons (Fsp3) is 0.500. The zero-order valence-electron chi connectivity index (χ0n) is 18.6. The van der Waals surface area contributed by atoms with Crippen molar-refractivity contribution in [3.63, 3.8) is 0 Å². The summed E-state index contributed by atoms with van der Waals surface area (Å²) in [5.74, 6) is -0.544. The van der Waals surface area contributed by atoms with Crippen LogP contribution < -0.4 is 15.7 Å². The van der Waals surface area contributed by atoms with Crippen LogP contribution in [0.2, 0.25) is 5.04 Å². The lowest BCUT2D eigenvalue weighted by atomic mass is 10.2. The van der Waals surface area contributed by atoms with E-state index in [9.17, 15) is 0 Å². The van der Waals surface area contributed by atoms with Crippen LogP contribution in [0.1, 0.15) is 34.6 Å². The third-order valence-corrected chi connectivity index (χ3v) is 10.8. The van der Waals surface area contributed by atoms with Crippen molar-refractivity contribution in [1.29, 1.82) is 0 Å². The lowest BCUT2D eigenvalue weighted by Crippen LogP contribution is -2.67. The Morgan fingerprint density at radius 2 is 1.55 bits per heavy atom. The van der Waals surface area contributed by atoms with Gasteiger partial charge in [0, 0.05) is 0 Å². The minimum absolute atomic E-state index is 0.0341. The normalized spacial score (nSPS) is 20.6. The molecule has 2 aromatic carbocycles. The van der Waals surface area contributed by atoms with Gasteiger partial charge in [-0.05, 0) is 36.3 Å². The predicted molar refractivity (Wildman–Crippen MR) is 121 cm³/mol. The predicted octanol–water partition coefficient (Wildman–Crippen LogP) is 3.30. The molecule has 29 heavy (non-hydrogen) atoms. The number of nitrogens with one attached hydrogen (secondary N) is 1. The molecule has 2 atom stereocenters. The highest BCUT2D eigenvalue weighted by Gasteiger charge is 2.51. The second-order valence-electron chi connectivity index (χ2n) is 9.24. The van der Waals surface area contributed by atoms with Crippen molar-refractivity contribution in [2.75, 3.05) is 20.3 Å². The van der Waals surface area contributed by atoms with Gasteiger partial charge in [-0.2, -0.15) is 0 Å². The summed E-state index contributed by atoms with van der Waals surface area (Å²) in [6.45, 7) is 12.0. The van der Waals surface area contributed by atoms with Crippen LogP contribution in [0.4, 0.5) is 0 Å². The number of hydrogen-bond acceptors (Lipinski definition) is 4. The van der Waals surface area contributed by atoms with Gasteiger partial charge in [0.25, 0.3) is 8.32 Å². The Morgan fingerprint density at radius 1 is 1.03 bits per heavy atom. The summed E-state index contributed by atoms with van der Waals surface area (Å²) in [5.41, 5.74) is 0. The highest BCUT2D eigenvalue weighted by molar-refractivity contribution is 6.99. The minimum Gasteiger partial charge on any atom is -0.406 e. The topological polar surface area (TPSA) is 39.7 Å². The first kappa shape index (κ1) is 22.2. The summed E-state index contributed by atoms with van der Waals surface area (Å²) in [7, 11) is -0.585. The maximum atomic E-state index is 7.04. The van der Waals surface area contributed by atoms with Crippen LogP contribution in [-0.4, -0.2) is 46.5 Å². The van der Waals surface area contributed by atoms with Crippen LogP contribution in [0.3, 0.4) is 0 Å². The van der Waals surface area contributed by atoms with Gasteiger partial charge in [0.1, 0.15) is 6.10 Å². The summed E-state index contributed by atoms with van der Waals surface area (Å²) in [6.07, 6.45) is -0.0341. The number of hydrogen-bond donors (Lipinski definition) is 1. The van der Waals surface area contributed by atoms with Crippen molar-refractivity contribution in [2.24, 2.45) is 0 Å². The molecule has 0 aliphatic carbocycles. The van der Waals surface area contributed by atoms with E-state index in [1.165, 1.54) is 10.4 Å². The summed E-state index contributed by atoms with van der Waals surface area (Å²) < 4.78 is 19.0. The standard InChI is InChI=1S/C24H35NO3Si/c1-23(2,3)29(19-13-9-7-10-14-19,20-15-11-8-12-16-20)27-17-21(25-6)22-18-26-24(4,5)28-22/h7-16,21-22,25H,17-18H2,1-6H3/t21-,22-/m1/s1. The Morgan fingerprint density at radius 3 is 1.93 bits per heavy atom. The first-order valence-electron chi connectivity index (χ1n) is 10.4. The molecule has 1 N–H and O–H groups in total. The highest BCUT2D eigenvalue weighted by atomic mass is 28.4. The molecule has 1 heterocycles. The second-order valence-corrected chi connectivity index (χ2v) is 13.5. The first-order chi connectivity index (χ1) is 13.7. The van der Waals surface area contributed by atoms with Crippen LogP contribution in [0, 0.1) is 0 Å². The number of likely N-dealkylation sites (N-methyl/N-ethyl adjacent to an activating group) is 1. The molecule has 0 amide bonds. The van der Waals surface area contributed by atoms with Crippen LogP contribution in [0.15, 0.2) is 60.7 Å². The molecule has 0 radical (unpaired) electrons. The van der Waals surface area contributed by atoms with E-state index in [4.69, 9.17) is 13.9 Å². The molecule has 0 unspecified atom stereocenters. The molecule has 4 nitrogen and oxygen atoms in total. The van der Waals surface area contributed by atoms with Gasteiger partial charge in [-0.25, -0.2) is 0 Å². The van der Waals surface area contributed by atoms with E-state index in [1.54, 1.807) is 0 Å².